The second-order valence-corrected chi connectivity index (χ2v) is 4.91. The van der Waals surface area contributed by atoms with Gasteiger partial charge in [0.1, 0.15) is 0 Å². The molecule has 0 radical (unpaired) electrons. The third kappa shape index (κ3) is 3.34. The van der Waals surface area contributed by atoms with E-state index in [-0.39, 0.29) is 16.7 Å². The van der Waals surface area contributed by atoms with Gasteiger partial charge in [-0.05, 0) is 30.5 Å². The van der Waals surface area contributed by atoms with Gasteiger partial charge in [0, 0.05) is 0 Å². The van der Waals surface area contributed by atoms with E-state index in [0.29, 0.717) is 12.2 Å². The summed E-state index contributed by atoms with van der Waals surface area (Å²) in [5, 5.41) is 10.0. The van der Waals surface area contributed by atoms with Crippen LogP contribution >= 0.6 is 11.6 Å². The van der Waals surface area contributed by atoms with E-state index in [4.69, 9.17) is 22.1 Å². The van der Waals surface area contributed by atoms with Crippen molar-refractivity contribution in [1.29, 1.82) is 0 Å². The number of benzene rings is 1. The number of hydrogen-bond donors (Lipinski definition) is 2. The lowest BCUT2D eigenvalue weighted by Gasteiger charge is -2.23. The molecular weight excluding hydrogens is 257 g/mol. The molecule has 1 aromatic rings. The number of aliphatic hydroxyl groups excluding tert-OH is 1. The Morgan fingerprint density at radius 2 is 2.06 bits per heavy atom. The molecule has 0 spiro atoms. The second kappa shape index (κ2) is 6.36. The maximum Gasteiger partial charge on any atom is 0.173 e. The molecular formula is C13H19ClFNO2. The van der Waals surface area contributed by atoms with Crippen LogP contribution in [0.1, 0.15) is 32.4 Å². The maximum atomic E-state index is 13.8. The topological polar surface area (TPSA) is 55.5 Å². The van der Waals surface area contributed by atoms with E-state index in [1.54, 1.807) is 6.92 Å². The fraction of sp³-hybridized carbons (Fsp3) is 0.538. The largest absolute Gasteiger partial charge is 0.489 e. The first-order valence-corrected chi connectivity index (χ1v) is 6.31. The smallest absolute Gasteiger partial charge is 0.173 e. The summed E-state index contributed by atoms with van der Waals surface area (Å²) < 4.78 is 18.9. The van der Waals surface area contributed by atoms with Crippen molar-refractivity contribution in [2.45, 2.75) is 32.9 Å². The zero-order valence-corrected chi connectivity index (χ0v) is 11.5. The summed E-state index contributed by atoms with van der Waals surface area (Å²) in [4.78, 5) is 0. The molecule has 0 saturated carbocycles. The highest BCUT2D eigenvalue weighted by molar-refractivity contribution is 6.32. The van der Waals surface area contributed by atoms with Crippen molar-refractivity contribution in [3.63, 3.8) is 0 Å². The van der Waals surface area contributed by atoms with Crippen molar-refractivity contribution >= 4 is 11.6 Å². The van der Waals surface area contributed by atoms with Gasteiger partial charge in [-0.3, -0.25) is 0 Å². The van der Waals surface area contributed by atoms with Gasteiger partial charge in [-0.25, -0.2) is 4.39 Å². The summed E-state index contributed by atoms with van der Waals surface area (Å²) in [5.74, 6) is -0.562. The molecule has 18 heavy (non-hydrogen) atoms. The Morgan fingerprint density at radius 1 is 1.44 bits per heavy atom. The van der Waals surface area contributed by atoms with Crippen molar-refractivity contribution < 1.29 is 14.2 Å². The molecule has 2 atom stereocenters. The highest BCUT2D eigenvalue weighted by Gasteiger charge is 2.22. The zero-order valence-electron chi connectivity index (χ0n) is 10.8. The van der Waals surface area contributed by atoms with E-state index in [9.17, 15) is 9.50 Å². The molecule has 102 valence electrons. The van der Waals surface area contributed by atoms with E-state index in [0.717, 1.165) is 0 Å². The normalized spacial score (nSPS) is 14.7. The van der Waals surface area contributed by atoms with Gasteiger partial charge in [0.15, 0.2) is 11.6 Å². The zero-order chi connectivity index (χ0) is 13.9. The molecule has 1 aromatic carbocycles. The van der Waals surface area contributed by atoms with E-state index < -0.39 is 18.0 Å². The molecule has 0 heterocycles. The lowest BCUT2D eigenvalue weighted by Crippen LogP contribution is -2.30. The van der Waals surface area contributed by atoms with Gasteiger partial charge in [0.25, 0.3) is 0 Å². The highest BCUT2D eigenvalue weighted by Crippen LogP contribution is 2.32. The van der Waals surface area contributed by atoms with Crippen molar-refractivity contribution in [2.24, 2.45) is 11.7 Å². The van der Waals surface area contributed by atoms with Gasteiger partial charge in [-0.1, -0.05) is 25.4 Å². The average Bonchev–Trinajstić information content (AvgIpc) is 2.31. The van der Waals surface area contributed by atoms with Crippen LogP contribution in [-0.2, 0) is 0 Å². The number of halogens is 2. The Kier molecular flexibility index (Phi) is 5.38. The Hall–Kier alpha value is -0.840. The molecule has 0 aliphatic heterocycles. The Balaban J connectivity index is 3.05. The minimum absolute atomic E-state index is 0.0200. The van der Waals surface area contributed by atoms with Crippen molar-refractivity contribution in [3.8, 4) is 5.75 Å². The monoisotopic (exact) mass is 275 g/mol. The molecule has 0 aromatic heterocycles. The van der Waals surface area contributed by atoms with Crippen LogP contribution < -0.4 is 10.5 Å². The first kappa shape index (κ1) is 15.2. The number of rotatable bonds is 5. The molecule has 0 bridgehead atoms. The summed E-state index contributed by atoms with van der Waals surface area (Å²) in [5.41, 5.74) is 6.35. The number of aliphatic hydroxyl groups is 1. The predicted molar refractivity (Wildman–Crippen MR) is 70.4 cm³/mol. The molecule has 3 N–H and O–H groups in total. The van der Waals surface area contributed by atoms with E-state index in [1.807, 2.05) is 13.8 Å². The molecule has 5 heteroatoms. The molecule has 0 fully saturated rings. The van der Waals surface area contributed by atoms with Gasteiger partial charge in [-0.2, -0.15) is 0 Å². The van der Waals surface area contributed by atoms with Crippen LogP contribution in [0.15, 0.2) is 12.1 Å². The highest BCUT2D eigenvalue weighted by atomic mass is 35.5. The van der Waals surface area contributed by atoms with Gasteiger partial charge < -0.3 is 15.6 Å². The first-order chi connectivity index (χ1) is 8.38. The van der Waals surface area contributed by atoms with Gasteiger partial charge in [-0.15, -0.1) is 0 Å². The third-order valence-corrected chi connectivity index (χ3v) is 3.03. The number of hydrogen-bond acceptors (Lipinski definition) is 3. The number of nitrogens with two attached hydrogens (primary N) is 1. The predicted octanol–water partition coefficient (Wildman–Crippen LogP) is 2.89. The van der Waals surface area contributed by atoms with Crippen LogP contribution in [0.3, 0.4) is 0 Å². The first-order valence-electron chi connectivity index (χ1n) is 5.93. The quantitative estimate of drug-likeness (QED) is 0.869. The summed E-state index contributed by atoms with van der Waals surface area (Å²) in [7, 11) is 0. The molecule has 3 nitrogen and oxygen atoms in total. The fourth-order valence-electron chi connectivity index (χ4n) is 1.67. The van der Waals surface area contributed by atoms with Crippen LogP contribution in [0.4, 0.5) is 4.39 Å². The lowest BCUT2D eigenvalue weighted by atomic mass is 9.94. The van der Waals surface area contributed by atoms with E-state index in [2.05, 4.69) is 0 Å². The minimum Gasteiger partial charge on any atom is -0.489 e. The minimum atomic E-state index is -0.751. The Bertz CT molecular complexity index is 389. The van der Waals surface area contributed by atoms with Crippen molar-refractivity contribution in [2.75, 3.05) is 6.61 Å². The van der Waals surface area contributed by atoms with Crippen molar-refractivity contribution in [1.82, 2.24) is 0 Å². The van der Waals surface area contributed by atoms with Gasteiger partial charge >= 0.3 is 0 Å². The lowest BCUT2D eigenvalue weighted by molar-refractivity contribution is 0.0978. The third-order valence-electron chi connectivity index (χ3n) is 2.75. The molecule has 0 aliphatic rings. The van der Waals surface area contributed by atoms with Crippen molar-refractivity contribution in [3.05, 3.63) is 28.5 Å². The average molecular weight is 276 g/mol. The molecule has 0 unspecified atom stereocenters. The fourth-order valence-corrected chi connectivity index (χ4v) is 1.94. The molecule has 0 aliphatic carbocycles. The van der Waals surface area contributed by atoms with Crippen LogP contribution in [-0.4, -0.2) is 17.8 Å². The summed E-state index contributed by atoms with van der Waals surface area (Å²) in [6.45, 7) is 5.77. The summed E-state index contributed by atoms with van der Waals surface area (Å²) in [6, 6.07) is 2.12. The van der Waals surface area contributed by atoms with Crippen LogP contribution in [0, 0.1) is 11.7 Å². The standard InChI is InChI=1S/C13H19ClFNO2/c1-4-18-13-9(14)5-8(6-10(13)15)11(16)12(17)7(2)3/h5-7,11-12,17H,4,16H2,1-3H3/t11-,12+/m1/s1. The molecule has 1 rings (SSSR count). The summed E-state index contributed by atoms with van der Waals surface area (Å²) >= 11 is 5.94. The maximum absolute atomic E-state index is 13.8. The van der Waals surface area contributed by atoms with Crippen LogP contribution in [0.25, 0.3) is 0 Å². The van der Waals surface area contributed by atoms with Crippen LogP contribution in [0.2, 0.25) is 5.02 Å². The van der Waals surface area contributed by atoms with E-state index in [1.165, 1.54) is 12.1 Å². The Labute approximate surface area is 112 Å². The summed E-state index contributed by atoms with van der Waals surface area (Å²) in [6.07, 6.45) is -0.751. The van der Waals surface area contributed by atoms with Gasteiger partial charge in [0.05, 0.1) is 23.8 Å². The molecule has 0 amide bonds. The molecule has 0 saturated heterocycles. The SMILES string of the molecule is CCOc1c(F)cc([C@@H](N)[C@@H](O)C(C)C)cc1Cl. The number of ether oxygens (including phenoxy) is 1. The second-order valence-electron chi connectivity index (χ2n) is 4.51. The van der Waals surface area contributed by atoms with Crippen LogP contribution in [0.5, 0.6) is 5.75 Å². The Morgan fingerprint density at radius 3 is 2.50 bits per heavy atom. The van der Waals surface area contributed by atoms with Gasteiger partial charge in [0.2, 0.25) is 0 Å². The van der Waals surface area contributed by atoms with E-state index >= 15 is 0 Å².